The van der Waals surface area contributed by atoms with Crippen molar-refractivity contribution in [3.63, 3.8) is 0 Å². The van der Waals surface area contributed by atoms with Gasteiger partial charge in [0.25, 0.3) is 0 Å². The number of aromatic nitrogens is 2. The van der Waals surface area contributed by atoms with E-state index in [2.05, 4.69) is 20.0 Å². The summed E-state index contributed by atoms with van der Waals surface area (Å²) in [6.45, 7) is 5.30. The minimum atomic E-state index is -0.200. The Morgan fingerprint density at radius 1 is 1.13 bits per heavy atom. The normalized spacial score (nSPS) is 16.7. The van der Waals surface area contributed by atoms with E-state index in [1.165, 1.54) is 0 Å². The number of nitrogens with zero attached hydrogens (tertiary/aromatic N) is 5. The Labute approximate surface area is 181 Å². The number of piperidine rings is 1. The first-order chi connectivity index (χ1) is 15.2. The van der Waals surface area contributed by atoms with Crippen molar-refractivity contribution in [3.8, 4) is 11.1 Å². The van der Waals surface area contributed by atoms with E-state index in [0.29, 0.717) is 48.6 Å². The predicted molar refractivity (Wildman–Crippen MR) is 117 cm³/mol. The summed E-state index contributed by atoms with van der Waals surface area (Å²) >= 11 is 0. The lowest BCUT2D eigenvalue weighted by atomic mass is 10.0. The number of amides is 1. The van der Waals surface area contributed by atoms with Crippen molar-refractivity contribution >= 4 is 17.6 Å². The van der Waals surface area contributed by atoms with Crippen LogP contribution in [0.25, 0.3) is 11.1 Å². The van der Waals surface area contributed by atoms with Gasteiger partial charge >= 0.3 is 0 Å². The van der Waals surface area contributed by atoms with Crippen LogP contribution < -0.4 is 4.90 Å². The molecule has 0 spiro atoms. The van der Waals surface area contributed by atoms with Crippen molar-refractivity contribution in [2.45, 2.75) is 39.0 Å². The molecular formula is C23H28FN5O2. The number of carbonyl (C=O) groups excluding carboxylic acids is 1. The van der Waals surface area contributed by atoms with Crippen LogP contribution in [-0.4, -0.2) is 59.3 Å². The van der Waals surface area contributed by atoms with E-state index < -0.39 is 0 Å². The summed E-state index contributed by atoms with van der Waals surface area (Å²) in [6.07, 6.45) is 7.16. The molecule has 2 aromatic rings. The Morgan fingerprint density at radius 2 is 1.90 bits per heavy atom. The van der Waals surface area contributed by atoms with Gasteiger partial charge in [0.2, 0.25) is 11.9 Å². The molecule has 0 atom stereocenters. The molecule has 0 aliphatic carbocycles. The number of anilines is 1. The summed E-state index contributed by atoms with van der Waals surface area (Å²) in [4.78, 5) is 29.9. The summed E-state index contributed by atoms with van der Waals surface area (Å²) < 4.78 is 14.6. The maximum absolute atomic E-state index is 14.6. The smallest absolute Gasteiger partial charge is 0.225 e. The van der Waals surface area contributed by atoms with Gasteiger partial charge in [-0.25, -0.2) is 14.4 Å². The Bertz CT molecular complexity index is 937. The third-order valence-electron chi connectivity index (χ3n) is 5.85. The molecule has 164 valence electrons. The van der Waals surface area contributed by atoms with Gasteiger partial charge in [-0.15, -0.1) is 0 Å². The van der Waals surface area contributed by atoms with Crippen molar-refractivity contribution in [1.82, 2.24) is 14.9 Å². The average molecular weight is 426 g/mol. The number of halogens is 1. The lowest BCUT2D eigenvalue weighted by Crippen LogP contribution is -2.35. The molecule has 0 bridgehead atoms. The monoisotopic (exact) mass is 425 g/mol. The lowest BCUT2D eigenvalue weighted by Gasteiger charge is -2.27. The maximum Gasteiger partial charge on any atom is 0.225 e. The van der Waals surface area contributed by atoms with Gasteiger partial charge < -0.3 is 14.6 Å². The molecule has 0 saturated carbocycles. The first-order valence-corrected chi connectivity index (χ1v) is 11.0. The van der Waals surface area contributed by atoms with Gasteiger partial charge in [0.05, 0.1) is 12.3 Å². The number of hydrogen-bond acceptors (Lipinski definition) is 6. The fourth-order valence-electron chi connectivity index (χ4n) is 3.98. The molecule has 2 fully saturated rings. The third-order valence-corrected chi connectivity index (χ3v) is 5.85. The molecule has 4 rings (SSSR count). The molecule has 0 unspecified atom stereocenters. The zero-order valence-electron chi connectivity index (χ0n) is 17.9. The summed E-state index contributed by atoms with van der Waals surface area (Å²) in [5.74, 6) is 0.647. The van der Waals surface area contributed by atoms with Gasteiger partial charge in [-0.2, -0.15) is 0 Å². The topological polar surface area (TPSA) is 70.9 Å². The van der Waals surface area contributed by atoms with Gasteiger partial charge in [0.1, 0.15) is 12.4 Å². The maximum atomic E-state index is 14.6. The fourth-order valence-corrected chi connectivity index (χ4v) is 3.98. The Balaban J connectivity index is 1.28. The van der Waals surface area contributed by atoms with Crippen molar-refractivity contribution in [2.75, 3.05) is 37.7 Å². The largest absolute Gasteiger partial charge is 0.394 e. The number of benzene rings is 1. The van der Waals surface area contributed by atoms with Crippen LogP contribution in [0.3, 0.4) is 0 Å². The van der Waals surface area contributed by atoms with Crippen molar-refractivity contribution in [3.05, 3.63) is 42.0 Å². The Morgan fingerprint density at radius 3 is 2.58 bits per heavy atom. The first kappa shape index (κ1) is 21.2. The second-order valence-corrected chi connectivity index (χ2v) is 7.87. The molecule has 2 aliphatic heterocycles. The lowest BCUT2D eigenvalue weighted by molar-refractivity contribution is -0.128. The molecule has 31 heavy (non-hydrogen) atoms. The van der Waals surface area contributed by atoms with E-state index in [1.54, 1.807) is 24.5 Å². The van der Waals surface area contributed by atoms with Gasteiger partial charge in [-0.3, -0.25) is 4.79 Å². The van der Waals surface area contributed by atoms with E-state index in [4.69, 9.17) is 4.84 Å². The van der Waals surface area contributed by atoms with Gasteiger partial charge in [-0.05, 0) is 18.4 Å². The van der Waals surface area contributed by atoms with E-state index in [0.717, 1.165) is 44.6 Å². The summed E-state index contributed by atoms with van der Waals surface area (Å²) in [6, 6.07) is 5.43. The van der Waals surface area contributed by atoms with Crippen LogP contribution in [0.2, 0.25) is 0 Å². The minimum absolute atomic E-state index is 0.200. The third kappa shape index (κ3) is 5.00. The number of hydrogen-bond donors (Lipinski definition) is 0. The highest BCUT2D eigenvalue weighted by Crippen LogP contribution is 2.25. The van der Waals surface area contributed by atoms with E-state index in [-0.39, 0.29) is 11.7 Å². The first-order valence-electron chi connectivity index (χ1n) is 11.0. The molecule has 1 amide bonds. The SMILES string of the molecule is CCc1cccc(-c2cnc(N3CCC(=NOCCN4CCCC4=O)CC3)nc2)c1F. The standard InChI is InChI=1S/C23H28FN5O2/c1-2-17-5-3-6-20(22(17)24)18-15-25-23(26-16-18)29-11-8-19(9-12-29)27-31-14-13-28-10-4-7-21(28)30/h3,5-6,15-16H,2,4,7-14H2,1H3. The molecule has 7 nitrogen and oxygen atoms in total. The van der Waals surface area contributed by atoms with Crippen LogP contribution in [0, 0.1) is 5.82 Å². The highest BCUT2D eigenvalue weighted by molar-refractivity contribution is 5.86. The van der Waals surface area contributed by atoms with Crippen LogP contribution in [0.5, 0.6) is 0 Å². The van der Waals surface area contributed by atoms with Gasteiger partial charge in [0.15, 0.2) is 0 Å². The van der Waals surface area contributed by atoms with Crippen LogP contribution in [-0.2, 0) is 16.1 Å². The highest BCUT2D eigenvalue weighted by atomic mass is 19.1. The molecule has 8 heteroatoms. The Hall–Kier alpha value is -3.03. The molecule has 0 N–H and O–H groups in total. The fraction of sp³-hybridized carbons (Fsp3) is 0.478. The van der Waals surface area contributed by atoms with E-state index in [1.807, 2.05) is 17.9 Å². The zero-order valence-corrected chi connectivity index (χ0v) is 17.9. The molecule has 2 saturated heterocycles. The summed E-state index contributed by atoms with van der Waals surface area (Å²) in [7, 11) is 0. The number of aryl methyl sites for hydroxylation is 1. The van der Waals surface area contributed by atoms with E-state index >= 15 is 0 Å². The van der Waals surface area contributed by atoms with Crippen LogP contribution in [0.4, 0.5) is 10.3 Å². The highest BCUT2D eigenvalue weighted by Gasteiger charge is 2.20. The molecular weight excluding hydrogens is 397 g/mol. The zero-order chi connectivity index (χ0) is 21.6. The number of oxime groups is 1. The molecule has 2 aliphatic rings. The van der Waals surface area contributed by atoms with Crippen molar-refractivity contribution < 1.29 is 14.0 Å². The minimum Gasteiger partial charge on any atom is -0.394 e. The molecule has 1 aromatic carbocycles. The van der Waals surface area contributed by atoms with Gasteiger partial charge in [-0.1, -0.05) is 30.3 Å². The van der Waals surface area contributed by atoms with Crippen LogP contribution in [0.1, 0.15) is 38.2 Å². The molecule has 1 aromatic heterocycles. The van der Waals surface area contributed by atoms with E-state index in [9.17, 15) is 9.18 Å². The van der Waals surface area contributed by atoms with Crippen molar-refractivity contribution in [2.24, 2.45) is 5.16 Å². The second-order valence-electron chi connectivity index (χ2n) is 7.87. The number of carbonyl (C=O) groups is 1. The summed E-state index contributed by atoms with van der Waals surface area (Å²) in [5.41, 5.74) is 2.92. The van der Waals surface area contributed by atoms with Crippen LogP contribution >= 0.6 is 0 Å². The summed E-state index contributed by atoms with van der Waals surface area (Å²) in [5, 5.41) is 4.25. The second kappa shape index (κ2) is 9.85. The number of likely N-dealkylation sites (tertiary alicyclic amines) is 1. The van der Waals surface area contributed by atoms with Crippen LogP contribution in [0.15, 0.2) is 35.7 Å². The average Bonchev–Trinajstić information content (AvgIpc) is 3.22. The van der Waals surface area contributed by atoms with Gasteiger partial charge in [0, 0.05) is 62.4 Å². The molecule has 3 heterocycles. The quantitative estimate of drug-likeness (QED) is 0.502. The van der Waals surface area contributed by atoms with Crippen molar-refractivity contribution in [1.29, 1.82) is 0 Å². The predicted octanol–water partition coefficient (Wildman–Crippen LogP) is 3.44. The number of rotatable bonds is 7. The molecule has 0 radical (unpaired) electrons. The Kier molecular flexibility index (Phi) is 6.74.